The fraction of sp³-hybridized carbons (Fsp3) is 0.346. The summed E-state index contributed by atoms with van der Waals surface area (Å²) in [6.07, 6.45) is 6.93. The number of benzene rings is 3. The molecule has 4 rings (SSSR count). The van der Waals surface area contributed by atoms with Gasteiger partial charge in [0.05, 0.1) is 6.61 Å². The zero-order valence-corrected chi connectivity index (χ0v) is 16.8. The van der Waals surface area contributed by atoms with Crippen molar-refractivity contribution in [3.8, 4) is 16.9 Å². The zero-order chi connectivity index (χ0) is 20.1. The summed E-state index contributed by atoms with van der Waals surface area (Å²) in [5.41, 5.74) is 3.17. The van der Waals surface area contributed by atoms with Crippen LogP contribution in [0.25, 0.3) is 21.9 Å². The van der Waals surface area contributed by atoms with Gasteiger partial charge in [0.25, 0.3) is 0 Å². The maximum Gasteiger partial charge on any atom is 0.303 e. The van der Waals surface area contributed by atoms with Crippen LogP contribution >= 0.6 is 0 Å². The van der Waals surface area contributed by atoms with Crippen LogP contribution in [0.15, 0.2) is 60.7 Å². The third-order valence-corrected chi connectivity index (χ3v) is 5.97. The maximum atomic E-state index is 11.2. The highest BCUT2D eigenvalue weighted by atomic mass is 16.5. The lowest BCUT2D eigenvalue weighted by molar-refractivity contribution is -0.136. The molecule has 0 radical (unpaired) electrons. The summed E-state index contributed by atoms with van der Waals surface area (Å²) in [6.45, 7) is 0.710. The second-order valence-electron chi connectivity index (χ2n) is 8.03. The molecule has 1 saturated carbocycles. The molecule has 3 nitrogen and oxygen atoms in total. The number of rotatable bonds is 7. The van der Waals surface area contributed by atoms with Gasteiger partial charge in [-0.2, -0.15) is 0 Å². The SMILES string of the molecule is O=C(O)CCc1cccc(-c2cccc3ccccc23)c1OCC1CCCCC1. The zero-order valence-electron chi connectivity index (χ0n) is 16.8. The topological polar surface area (TPSA) is 46.5 Å². The Morgan fingerprint density at radius 3 is 2.45 bits per heavy atom. The molecule has 0 unspecified atom stereocenters. The lowest BCUT2D eigenvalue weighted by Crippen LogP contribution is -2.16. The van der Waals surface area contributed by atoms with Crippen LogP contribution in [0.2, 0.25) is 0 Å². The molecule has 0 aliphatic heterocycles. The van der Waals surface area contributed by atoms with Gasteiger partial charge in [-0.25, -0.2) is 0 Å². The molecule has 1 N–H and O–H groups in total. The monoisotopic (exact) mass is 388 g/mol. The van der Waals surface area contributed by atoms with E-state index in [1.54, 1.807) is 0 Å². The van der Waals surface area contributed by atoms with Gasteiger partial charge < -0.3 is 9.84 Å². The normalized spacial score (nSPS) is 14.8. The molecule has 0 saturated heterocycles. The molecule has 1 fully saturated rings. The molecule has 0 aromatic heterocycles. The van der Waals surface area contributed by atoms with Gasteiger partial charge in [0.15, 0.2) is 0 Å². The van der Waals surface area contributed by atoms with Crippen molar-refractivity contribution in [3.63, 3.8) is 0 Å². The lowest BCUT2D eigenvalue weighted by atomic mass is 9.90. The number of hydrogen-bond donors (Lipinski definition) is 1. The Kier molecular flexibility index (Phi) is 6.14. The van der Waals surface area contributed by atoms with Crippen molar-refractivity contribution in [1.82, 2.24) is 0 Å². The van der Waals surface area contributed by atoms with E-state index in [0.717, 1.165) is 22.4 Å². The largest absolute Gasteiger partial charge is 0.492 e. The van der Waals surface area contributed by atoms with Crippen LogP contribution in [0, 0.1) is 5.92 Å². The fourth-order valence-corrected chi connectivity index (χ4v) is 4.42. The molecule has 0 heterocycles. The molecule has 3 heteroatoms. The van der Waals surface area contributed by atoms with Crippen LogP contribution in [-0.2, 0) is 11.2 Å². The van der Waals surface area contributed by atoms with Crippen molar-refractivity contribution < 1.29 is 14.6 Å². The first kappa shape index (κ1) is 19.5. The molecule has 0 atom stereocenters. The highest BCUT2D eigenvalue weighted by Crippen LogP contribution is 2.38. The van der Waals surface area contributed by atoms with Crippen molar-refractivity contribution in [2.45, 2.75) is 44.9 Å². The van der Waals surface area contributed by atoms with E-state index in [2.05, 4.69) is 48.5 Å². The smallest absolute Gasteiger partial charge is 0.303 e. The summed E-state index contributed by atoms with van der Waals surface area (Å²) in [4.78, 5) is 11.2. The van der Waals surface area contributed by atoms with Crippen LogP contribution in [0.5, 0.6) is 5.75 Å². The van der Waals surface area contributed by atoms with Crippen molar-refractivity contribution in [2.75, 3.05) is 6.61 Å². The second-order valence-corrected chi connectivity index (χ2v) is 8.03. The minimum absolute atomic E-state index is 0.110. The molecule has 3 aromatic rings. The number of fused-ring (bicyclic) bond motifs is 1. The fourth-order valence-electron chi connectivity index (χ4n) is 4.42. The van der Waals surface area contributed by atoms with Crippen LogP contribution in [0.3, 0.4) is 0 Å². The molecule has 1 aliphatic rings. The van der Waals surface area contributed by atoms with Gasteiger partial charge in [0.2, 0.25) is 0 Å². The molecule has 29 heavy (non-hydrogen) atoms. The van der Waals surface area contributed by atoms with E-state index < -0.39 is 5.97 Å². The van der Waals surface area contributed by atoms with Crippen LogP contribution in [-0.4, -0.2) is 17.7 Å². The van der Waals surface area contributed by atoms with E-state index in [9.17, 15) is 9.90 Å². The highest BCUT2D eigenvalue weighted by molar-refractivity contribution is 5.98. The molecule has 0 amide bonds. The van der Waals surface area contributed by atoms with Crippen molar-refractivity contribution in [1.29, 1.82) is 0 Å². The van der Waals surface area contributed by atoms with E-state index in [1.165, 1.54) is 42.9 Å². The second kappa shape index (κ2) is 9.13. The summed E-state index contributed by atoms with van der Waals surface area (Å²) < 4.78 is 6.45. The van der Waals surface area contributed by atoms with E-state index in [4.69, 9.17) is 4.74 Å². The summed E-state index contributed by atoms with van der Waals surface area (Å²) in [6, 6.07) is 20.8. The van der Waals surface area contributed by atoms with Gasteiger partial charge in [0.1, 0.15) is 5.75 Å². The molecule has 150 valence electrons. The molecule has 0 bridgehead atoms. The van der Waals surface area contributed by atoms with E-state index in [1.807, 2.05) is 12.1 Å². The first-order chi connectivity index (χ1) is 14.2. The summed E-state index contributed by atoms with van der Waals surface area (Å²) in [5, 5.41) is 11.6. The predicted octanol–water partition coefficient (Wildman–Crippen LogP) is 6.48. The van der Waals surface area contributed by atoms with Gasteiger partial charge >= 0.3 is 5.97 Å². The minimum Gasteiger partial charge on any atom is -0.492 e. The number of carbonyl (C=O) groups is 1. The van der Waals surface area contributed by atoms with Crippen molar-refractivity contribution >= 4 is 16.7 Å². The first-order valence-electron chi connectivity index (χ1n) is 10.7. The Morgan fingerprint density at radius 1 is 0.897 bits per heavy atom. The van der Waals surface area contributed by atoms with Crippen molar-refractivity contribution in [3.05, 3.63) is 66.2 Å². The maximum absolute atomic E-state index is 11.2. The van der Waals surface area contributed by atoms with Gasteiger partial charge in [-0.05, 0) is 47.1 Å². The highest BCUT2D eigenvalue weighted by Gasteiger charge is 2.18. The molecular formula is C26H28O3. The number of hydrogen-bond acceptors (Lipinski definition) is 2. The predicted molar refractivity (Wildman–Crippen MR) is 117 cm³/mol. The Labute approximate surface area is 172 Å². The number of aliphatic carboxylic acids is 1. The minimum atomic E-state index is -0.779. The third-order valence-electron chi connectivity index (χ3n) is 5.97. The number of carboxylic acid groups (broad SMARTS) is 1. The molecular weight excluding hydrogens is 360 g/mol. The molecule has 3 aromatic carbocycles. The van der Waals surface area contributed by atoms with Crippen LogP contribution in [0.1, 0.15) is 44.1 Å². The van der Waals surface area contributed by atoms with E-state index >= 15 is 0 Å². The Morgan fingerprint density at radius 2 is 1.62 bits per heavy atom. The van der Waals surface area contributed by atoms with Gasteiger partial charge in [0, 0.05) is 12.0 Å². The average molecular weight is 389 g/mol. The summed E-state index contributed by atoms with van der Waals surface area (Å²) >= 11 is 0. The molecule has 0 spiro atoms. The third kappa shape index (κ3) is 4.61. The Balaban J connectivity index is 1.73. The van der Waals surface area contributed by atoms with Gasteiger partial charge in [-0.15, -0.1) is 0 Å². The number of para-hydroxylation sites is 1. The van der Waals surface area contributed by atoms with Gasteiger partial charge in [-0.3, -0.25) is 4.79 Å². The van der Waals surface area contributed by atoms with Crippen molar-refractivity contribution in [2.24, 2.45) is 5.92 Å². The standard InChI is InChI=1S/C26H28O3/c27-25(28)17-16-21-12-7-15-24(26(21)29-18-19-8-2-1-3-9-19)23-14-6-11-20-10-4-5-13-22(20)23/h4-7,10-15,19H,1-3,8-9,16-18H2,(H,27,28). The van der Waals surface area contributed by atoms with Crippen LogP contribution in [0.4, 0.5) is 0 Å². The average Bonchev–Trinajstić information content (AvgIpc) is 2.76. The lowest BCUT2D eigenvalue weighted by Gasteiger charge is -2.24. The van der Waals surface area contributed by atoms with E-state index in [0.29, 0.717) is 18.9 Å². The number of aryl methyl sites for hydroxylation is 1. The first-order valence-corrected chi connectivity index (χ1v) is 10.7. The van der Waals surface area contributed by atoms with Crippen LogP contribution < -0.4 is 4.74 Å². The number of carboxylic acids is 1. The summed E-state index contributed by atoms with van der Waals surface area (Å²) in [7, 11) is 0. The molecule has 1 aliphatic carbocycles. The Hall–Kier alpha value is -2.81. The van der Waals surface area contributed by atoms with E-state index in [-0.39, 0.29) is 6.42 Å². The number of ether oxygens (including phenoxy) is 1. The quantitative estimate of drug-likeness (QED) is 0.504. The van der Waals surface area contributed by atoms with Gasteiger partial charge in [-0.1, -0.05) is 79.9 Å². The Bertz CT molecular complexity index is 981. The summed E-state index contributed by atoms with van der Waals surface area (Å²) in [5.74, 6) is 0.672.